The van der Waals surface area contributed by atoms with Gasteiger partial charge >= 0.3 is 7.80 Å². The Bertz CT molecular complexity index is 2700. The Morgan fingerprint density at radius 1 is 0.558 bits per heavy atom. The van der Waals surface area contributed by atoms with Crippen molar-refractivity contribution in [1.29, 1.82) is 0 Å². The molecule has 0 aliphatic carbocycles. The standard InChI is InChI=1S/C45H78N15O23P3/c61-19-28-34(67)37(70)40(73)43(81-28)58-16-25(49-52-58)13-46-31(64)1-10-84(76)22-55-4-6-56(23-85(77,78)11-2-32(65)47-14-26-17-59(53-50-26)44-41(74)38(71)35(68)29(20-62)82-44)8-9-57(7-5-55)24-86(79,80)12-3-33(66)48-15-27-18-60(54-51-27)45-42(75)39(72)36(69)30(21-63)83-45/h16-18,28-30,34-45,50,53,61-63,67-75H,1-15,19-24H2,(H4-,46,47,48,64,65,66,77,78,79,80)/p+1/t28-,29-,30-,34+,35+,36+,37+,38+,39+,40-,41-,42-,43-,44-,45?/m1/s1. The molecular formula is C45H79N15O23P3+. The van der Waals surface area contributed by atoms with Crippen LogP contribution in [-0.4, -0.2) is 321 Å². The number of carbonyl (C=O) groups is 3. The summed E-state index contributed by atoms with van der Waals surface area (Å²) in [5.41, 5.74) is 6.16. The second-order valence-corrected chi connectivity index (χ2v) is 28.1. The van der Waals surface area contributed by atoms with Gasteiger partial charge in [-0.1, -0.05) is 15.0 Å². The van der Waals surface area contributed by atoms with E-state index in [2.05, 4.69) is 47.5 Å². The monoisotopic (exact) mass is 1290 g/mol. The summed E-state index contributed by atoms with van der Waals surface area (Å²) in [4.78, 5) is 66.4. The molecule has 4 unspecified atom stereocenters. The molecule has 5 aliphatic heterocycles. The minimum absolute atomic E-state index is 0.0387. The smallest absolute Gasteiger partial charge is 0.354 e. The molecule has 486 valence electrons. The van der Waals surface area contributed by atoms with Gasteiger partial charge in [0.25, 0.3) is 0 Å². The summed E-state index contributed by atoms with van der Waals surface area (Å²) in [5.74, 6) is -1.73. The van der Waals surface area contributed by atoms with E-state index in [9.17, 15) is 99.1 Å². The molecule has 41 heteroatoms. The lowest BCUT2D eigenvalue weighted by Crippen LogP contribution is -2.64. The molecule has 19 N–H and O–H groups in total. The SMILES string of the molecule is O=C(CCP(=O)(O)CN1CCN(C[P+](=O)CCC(=O)NCc2cn([C@@H]3O[C@H](CO)[C@H](O)[C@H](O)[C@H]3O)nn2)CCN(CP(=O)(O)CCC(=O)NCc2cn(C3O[C@H](CO)[C@H](O)[C@H](O)[C@H]3O)nn2)CC1)NCC1=CN([C@@H]2O[C@H](CO)[C@H](O)[C@H](O)[C@H]2O)NN1. The second-order valence-electron chi connectivity index (χ2n) is 21.5. The van der Waals surface area contributed by atoms with E-state index < -0.39 is 183 Å². The first-order chi connectivity index (χ1) is 40.8. The van der Waals surface area contributed by atoms with Gasteiger partial charge in [-0.25, -0.2) is 9.36 Å². The molecule has 4 saturated heterocycles. The van der Waals surface area contributed by atoms with E-state index in [1.54, 1.807) is 14.7 Å². The fraction of sp³-hybridized carbons (Fsp3) is 0.800. The summed E-state index contributed by atoms with van der Waals surface area (Å²) >= 11 is 0. The highest BCUT2D eigenvalue weighted by molar-refractivity contribution is 7.58. The van der Waals surface area contributed by atoms with E-state index in [1.807, 2.05) is 0 Å². The van der Waals surface area contributed by atoms with Crippen molar-refractivity contribution in [2.24, 2.45) is 0 Å². The Hall–Kier alpha value is -4.25. The predicted octanol–water partition coefficient (Wildman–Crippen LogP) is -9.84. The zero-order chi connectivity index (χ0) is 62.6. The van der Waals surface area contributed by atoms with E-state index in [1.165, 1.54) is 23.6 Å². The van der Waals surface area contributed by atoms with Gasteiger partial charge in [-0.15, -0.1) is 15.7 Å². The molecule has 0 spiro atoms. The molecule has 4 fully saturated rings. The third-order valence-corrected chi connectivity index (χ3v) is 19.9. The number of amides is 3. The number of nitrogens with zero attached hydrogens (tertiary/aromatic N) is 10. The second kappa shape index (κ2) is 31.5. The van der Waals surface area contributed by atoms with Gasteiger partial charge in [0, 0.05) is 70.6 Å². The lowest BCUT2D eigenvalue weighted by Gasteiger charge is -2.42. The van der Waals surface area contributed by atoms with Crippen molar-refractivity contribution in [2.45, 2.75) is 124 Å². The van der Waals surface area contributed by atoms with Crippen LogP contribution in [0, 0.1) is 0 Å². The van der Waals surface area contributed by atoms with Crippen LogP contribution in [-0.2, 0) is 55.4 Å². The minimum atomic E-state index is -4.11. The molecule has 86 heavy (non-hydrogen) atoms. The Balaban J connectivity index is 0.911. The summed E-state index contributed by atoms with van der Waals surface area (Å²) < 4.78 is 59.7. The highest BCUT2D eigenvalue weighted by Crippen LogP contribution is 2.43. The average molecular weight is 1290 g/mol. The third-order valence-electron chi connectivity index (χ3n) is 14.9. The van der Waals surface area contributed by atoms with E-state index in [0.29, 0.717) is 5.70 Å². The van der Waals surface area contributed by atoms with Crippen molar-refractivity contribution >= 4 is 40.3 Å². The summed E-state index contributed by atoms with van der Waals surface area (Å²) in [6, 6.07) is 0. The van der Waals surface area contributed by atoms with Crippen molar-refractivity contribution < 1.29 is 113 Å². The maximum atomic E-state index is 13.8. The van der Waals surface area contributed by atoms with Gasteiger partial charge in [0.15, 0.2) is 31.1 Å². The number of hydrazine groups is 2. The maximum Gasteiger partial charge on any atom is 0.354 e. The van der Waals surface area contributed by atoms with E-state index in [-0.39, 0.29) is 95.6 Å². The lowest BCUT2D eigenvalue weighted by molar-refractivity contribution is -0.264. The van der Waals surface area contributed by atoms with Crippen LogP contribution in [0.3, 0.4) is 0 Å². The molecule has 7 heterocycles. The highest BCUT2D eigenvalue weighted by atomic mass is 31.2. The Morgan fingerprint density at radius 2 is 0.942 bits per heavy atom. The predicted molar refractivity (Wildman–Crippen MR) is 290 cm³/mol. The number of hydrogen-bond acceptors (Lipinski definition) is 31. The summed E-state index contributed by atoms with van der Waals surface area (Å²) in [6.07, 6.45) is -20.9. The summed E-state index contributed by atoms with van der Waals surface area (Å²) in [6.45, 7) is -1.52. The topological polar surface area (TPSA) is 548 Å². The number of aliphatic hydroxyl groups excluding tert-OH is 12. The highest BCUT2D eigenvalue weighted by Gasteiger charge is 2.48. The average Bonchev–Trinajstić information content (AvgIpc) is 2.03. The van der Waals surface area contributed by atoms with Crippen molar-refractivity contribution in [1.82, 2.24) is 76.6 Å². The number of nitrogens with one attached hydrogen (secondary N) is 5. The number of aliphatic hydroxyl groups is 12. The number of hydrogen-bond donors (Lipinski definition) is 19. The third kappa shape index (κ3) is 18.9. The number of aromatic nitrogens is 6. The summed E-state index contributed by atoms with van der Waals surface area (Å²) in [7, 11) is -10.3. The van der Waals surface area contributed by atoms with Crippen LogP contribution in [0.15, 0.2) is 24.3 Å². The molecule has 38 nitrogen and oxygen atoms in total. The molecule has 3 amide bonds. The van der Waals surface area contributed by atoms with Gasteiger partial charge in [-0.2, -0.15) is 0 Å². The largest absolute Gasteiger partial charge is 0.394 e. The van der Waals surface area contributed by atoms with E-state index in [0.717, 1.165) is 9.36 Å². The fourth-order valence-electron chi connectivity index (χ4n) is 9.83. The van der Waals surface area contributed by atoms with Gasteiger partial charge in [-0.3, -0.25) is 43.2 Å². The van der Waals surface area contributed by atoms with Crippen molar-refractivity contribution in [3.8, 4) is 0 Å². The molecule has 0 aromatic carbocycles. The van der Waals surface area contributed by atoms with Crippen LogP contribution in [0.2, 0.25) is 0 Å². The van der Waals surface area contributed by atoms with Crippen LogP contribution in [0.5, 0.6) is 0 Å². The van der Waals surface area contributed by atoms with Crippen LogP contribution in [0.25, 0.3) is 0 Å². The van der Waals surface area contributed by atoms with E-state index in [4.69, 9.17) is 14.2 Å². The van der Waals surface area contributed by atoms with Gasteiger partial charge in [-0.05, 0) is 0 Å². The molecular weight excluding hydrogens is 1210 g/mol. The minimum Gasteiger partial charge on any atom is -0.394 e. The Labute approximate surface area is 491 Å². The first-order valence-electron chi connectivity index (χ1n) is 27.5. The zero-order valence-corrected chi connectivity index (χ0v) is 49.2. The first kappa shape index (κ1) is 69.2. The van der Waals surface area contributed by atoms with Gasteiger partial charge in [0.05, 0.1) is 76.5 Å². The quantitative estimate of drug-likeness (QED) is 0.0369. The summed E-state index contributed by atoms with van der Waals surface area (Å²) in [5, 5.41) is 145. The van der Waals surface area contributed by atoms with Gasteiger partial charge < -0.3 is 107 Å². The molecule has 18 atom stereocenters. The van der Waals surface area contributed by atoms with Crippen molar-refractivity contribution in [2.75, 3.05) is 103 Å². The number of carbonyl (C=O) groups excluding carboxylic acids is 3. The van der Waals surface area contributed by atoms with Crippen molar-refractivity contribution in [3.05, 3.63) is 35.7 Å². The normalized spacial score (nSPS) is 32.4. The van der Waals surface area contributed by atoms with Crippen LogP contribution in [0.1, 0.15) is 43.1 Å². The number of ether oxygens (including phenoxy) is 3. The molecule has 7 rings (SSSR count). The van der Waals surface area contributed by atoms with Crippen LogP contribution >= 0.6 is 22.5 Å². The molecule has 2 aromatic rings. The van der Waals surface area contributed by atoms with Crippen LogP contribution in [0.4, 0.5) is 0 Å². The number of rotatable bonds is 27. The van der Waals surface area contributed by atoms with Gasteiger partial charge in [0.2, 0.25) is 32.5 Å². The van der Waals surface area contributed by atoms with E-state index >= 15 is 0 Å². The van der Waals surface area contributed by atoms with Gasteiger partial charge in [0.1, 0.15) is 84.6 Å². The lowest BCUT2D eigenvalue weighted by atomic mass is 9.98. The maximum absolute atomic E-state index is 13.8. The molecule has 5 aliphatic rings. The fourth-order valence-corrected chi connectivity index (χ4v) is 14.4. The first-order valence-corrected chi connectivity index (χ1v) is 33.2. The Morgan fingerprint density at radius 3 is 1.37 bits per heavy atom. The molecule has 0 radical (unpaired) electrons. The molecule has 0 saturated carbocycles. The zero-order valence-electron chi connectivity index (χ0n) is 46.5. The Kier molecular flexibility index (Phi) is 25.3. The van der Waals surface area contributed by atoms with Crippen molar-refractivity contribution in [3.63, 3.8) is 0 Å². The van der Waals surface area contributed by atoms with Crippen LogP contribution < -0.4 is 26.9 Å². The molecule has 0 bridgehead atoms. The molecule has 2 aromatic heterocycles.